The van der Waals surface area contributed by atoms with E-state index in [0.717, 1.165) is 4.88 Å². The van der Waals surface area contributed by atoms with E-state index in [0.29, 0.717) is 19.4 Å². The lowest BCUT2D eigenvalue weighted by atomic mass is 10.0. The number of carbonyl (C=O) groups is 2. The Labute approximate surface area is 145 Å². The zero-order chi connectivity index (χ0) is 18.1. The molecule has 2 N–H and O–H groups in total. The van der Waals surface area contributed by atoms with Gasteiger partial charge >= 0.3 is 5.97 Å². The molecule has 0 aromatic carbocycles. The molecule has 1 amide bonds. The Morgan fingerprint density at radius 3 is 2.58 bits per heavy atom. The van der Waals surface area contributed by atoms with Crippen molar-refractivity contribution < 1.29 is 23.1 Å². The number of carboxylic acid groups (broad SMARTS) is 1. The van der Waals surface area contributed by atoms with Gasteiger partial charge in [-0.2, -0.15) is 4.31 Å². The summed E-state index contributed by atoms with van der Waals surface area (Å²) in [7, 11) is -3.71. The molecule has 3 atom stereocenters. The van der Waals surface area contributed by atoms with Crippen molar-refractivity contribution in [2.75, 3.05) is 6.54 Å². The van der Waals surface area contributed by atoms with E-state index in [-0.39, 0.29) is 4.21 Å². The fourth-order valence-corrected chi connectivity index (χ4v) is 5.68. The summed E-state index contributed by atoms with van der Waals surface area (Å²) in [5.74, 6) is -2.20. The fourth-order valence-electron chi connectivity index (χ4n) is 2.62. The second-order valence-electron chi connectivity index (χ2n) is 6.06. The van der Waals surface area contributed by atoms with Crippen LogP contribution < -0.4 is 5.32 Å². The minimum atomic E-state index is -3.71. The quantitative estimate of drug-likeness (QED) is 0.784. The van der Waals surface area contributed by atoms with Gasteiger partial charge in [0.1, 0.15) is 10.3 Å². The molecule has 0 saturated carbocycles. The lowest BCUT2D eigenvalue weighted by Crippen LogP contribution is -2.50. The van der Waals surface area contributed by atoms with Gasteiger partial charge in [0, 0.05) is 17.5 Å². The van der Waals surface area contributed by atoms with E-state index in [1.54, 1.807) is 19.1 Å². The highest BCUT2D eigenvalue weighted by atomic mass is 32.2. The van der Waals surface area contributed by atoms with Gasteiger partial charge in [-0.3, -0.25) is 9.59 Å². The first kappa shape index (κ1) is 18.9. The number of hydrogen-bond acceptors (Lipinski definition) is 5. The van der Waals surface area contributed by atoms with Crippen LogP contribution in [0.1, 0.15) is 31.6 Å². The van der Waals surface area contributed by atoms with Gasteiger partial charge in [-0.25, -0.2) is 8.42 Å². The van der Waals surface area contributed by atoms with Crippen LogP contribution in [0.2, 0.25) is 0 Å². The second kappa shape index (κ2) is 7.20. The number of amides is 1. The number of carboxylic acids is 1. The molecule has 24 heavy (non-hydrogen) atoms. The van der Waals surface area contributed by atoms with Gasteiger partial charge in [-0.1, -0.05) is 0 Å². The number of sulfonamides is 1. The molecule has 0 spiro atoms. The predicted molar refractivity (Wildman–Crippen MR) is 90.4 cm³/mol. The van der Waals surface area contributed by atoms with Crippen molar-refractivity contribution in [2.45, 2.75) is 49.9 Å². The highest BCUT2D eigenvalue weighted by Crippen LogP contribution is 2.30. The number of aliphatic carboxylic acids is 1. The van der Waals surface area contributed by atoms with Crippen molar-refractivity contribution in [1.29, 1.82) is 0 Å². The molecule has 1 fully saturated rings. The maximum Gasteiger partial charge on any atom is 0.308 e. The van der Waals surface area contributed by atoms with Crippen LogP contribution in [0.5, 0.6) is 0 Å². The normalized spacial score (nSPS) is 21.4. The van der Waals surface area contributed by atoms with E-state index in [4.69, 9.17) is 5.11 Å². The van der Waals surface area contributed by atoms with Gasteiger partial charge in [0.2, 0.25) is 5.91 Å². The molecule has 2 heterocycles. The second-order valence-corrected chi connectivity index (χ2v) is 9.47. The third-order valence-electron chi connectivity index (χ3n) is 4.29. The van der Waals surface area contributed by atoms with E-state index in [1.807, 2.05) is 6.92 Å². The van der Waals surface area contributed by atoms with E-state index in [9.17, 15) is 18.0 Å². The maximum absolute atomic E-state index is 12.8. The third kappa shape index (κ3) is 3.79. The molecule has 134 valence electrons. The molecular weight excluding hydrogens is 352 g/mol. The molecule has 1 aliphatic heterocycles. The molecule has 2 rings (SSSR count). The topological polar surface area (TPSA) is 104 Å². The van der Waals surface area contributed by atoms with Crippen LogP contribution in [0.4, 0.5) is 0 Å². The molecule has 1 aliphatic rings. The zero-order valence-electron chi connectivity index (χ0n) is 13.9. The van der Waals surface area contributed by atoms with Crippen molar-refractivity contribution >= 4 is 33.2 Å². The standard InChI is InChI=1S/C15H22N2O5S2/c1-9-6-7-13(23-9)24(21,22)17-8-4-5-12(17)14(18)16-11(3)10(2)15(19)20/h6-7,10-12H,4-5,8H2,1-3H3,(H,16,18)(H,19,20). The monoisotopic (exact) mass is 374 g/mol. The van der Waals surface area contributed by atoms with E-state index in [1.165, 1.54) is 22.6 Å². The molecule has 1 saturated heterocycles. The number of aryl methyl sites for hydroxylation is 1. The molecule has 0 bridgehead atoms. The van der Waals surface area contributed by atoms with Crippen molar-refractivity contribution in [3.63, 3.8) is 0 Å². The van der Waals surface area contributed by atoms with Crippen LogP contribution in [-0.4, -0.2) is 48.3 Å². The van der Waals surface area contributed by atoms with Crippen LogP contribution in [0.15, 0.2) is 16.3 Å². The summed E-state index contributed by atoms with van der Waals surface area (Å²) in [6.45, 7) is 5.23. The zero-order valence-corrected chi connectivity index (χ0v) is 15.5. The summed E-state index contributed by atoms with van der Waals surface area (Å²) in [6.07, 6.45) is 1.04. The molecule has 7 nitrogen and oxygen atoms in total. The van der Waals surface area contributed by atoms with E-state index in [2.05, 4.69) is 5.32 Å². The Kier molecular flexibility index (Phi) is 5.67. The predicted octanol–water partition coefficient (Wildman–Crippen LogP) is 1.44. The Bertz CT molecular complexity index is 728. The van der Waals surface area contributed by atoms with Crippen LogP contribution in [0.25, 0.3) is 0 Å². The lowest BCUT2D eigenvalue weighted by Gasteiger charge is -2.25. The Morgan fingerprint density at radius 2 is 2.04 bits per heavy atom. The van der Waals surface area contributed by atoms with Gasteiger partial charge < -0.3 is 10.4 Å². The maximum atomic E-state index is 12.8. The highest BCUT2D eigenvalue weighted by Gasteiger charge is 2.40. The number of carbonyl (C=O) groups excluding carboxylic acids is 1. The summed E-state index contributed by atoms with van der Waals surface area (Å²) in [5, 5.41) is 11.6. The average Bonchev–Trinajstić information content (AvgIpc) is 3.15. The van der Waals surface area contributed by atoms with Crippen molar-refractivity contribution in [3.05, 3.63) is 17.0 Å². The van der Waals surface area contributed by atoms with Gasteiger partial charge in [-0.05, 0) is 45.7 Å². The lowest BCUT2D eigenvalue weighted by molar-refractivity contribution is -0.142. The Morgan fingerprint density at radius 1 is 1.38 bits per heavy atom. The van der Waals surface area contributed by atoms with Gasteiger partial charge in [0.05, 0.1) is 5.92 Å². The number of thiophene rings is 1. The number of nitrogens with one attached hydrogen (secondary N) is 1. The van der Waals surface area contributed by atoms with Crippen molar-refractivity contribution in [2.24, 2.45) is 5.92 Å². The number of rotatable bonds is 6. The van der Waals surface area contributed by atoms with Crippen LogP contribution in [0.3, 0.4) is 0 Å². The molecule has 0 aliphatic carbocycles. The van der Waals surface area contributed by atoms with Gasteiger partial charge in [-0.15, -0.1) is 11.3 Å². The summed E-state index contributed by atoms with van der Waals surface area (Å²) in [4.78, 5) is 24.4. The SMILES string of the molecule is Cc1ccc(S(=O)(=O)N2CCCC2C(=O)NC(C)C(C)C(=O)O)s1. The minimum absolute atomic E-state index is 0.228. The minimum Gasteiger partial charge on any atom is -0.481 e. The smallest absolute Gasteiger partial charge is 0.308 e. The molecular formula is C15H22N2O5S2. The van der Waals surface area contributed by atoms with Crippen molar-refractivity contribution in [3.8, 4) is 0 Å². The van der Waals surface area contributed by atoms with Gasteiger partial charge in [0.15, 0.2) is 0 Å². The molecule has 3 unspecified atom stereocenters. The summed E-state index contributed by atoms with van der Waals surface area (Å²) in [5.41, 5.74) is 0. The summed E-state index contributed by atoms with van der Waals surface area (Å²) >= 11 is 1.18. The third-order valence-corrected chi connectivity index (χ3v) is 7.67. The molecule has 0 radical (unpaired) electrons. The first-order chi connectivity index (χ1) is 11.1. The first-order valence-electron chi connectivity index (χ1n) is 7.76. The van der Waals surface area contributed by atoms with E-state index < -0.39 is 39.9 Å². The van der Waals surface area contributed by atoms with E-state index >= 15 is 0 Å². The summed E-state index contributed by atoms with van der Waals surface area (Å²) in [6, 6.07) is 1.92. The van der Waals surface area contributed by atoms with Crippen LogP contribution >= 0.6 is 11.3 Å². The number of hydrogen-bond donors (Lipinski definition) is 2. The number of nitrogens with zero attached hydrogens (tertiary/aromatic N) is 1. The molecule has 1 aromatic rings. The Balaban J connectivity index is 2.15. The summed E-state index contributed by atoms with van der Waals surface area (Å²) < 4.78 is 27.0. The van der Waals surface area contributed by atoms with Crippen LogP contribution in [-0.2, 0) is 19.6 Å². The average molecular weight is 374 g/mol. The van der Waals surface area contributed by atoms with Crippen LogP contribution in [0, 0.1) is 12.8 Å². The molecule has 9 heteroatoms. The molecule has 1 aromatic heterocycles. The fraction of sp³-hybridized carbons (Fsp3) is 0.600. The Hall–Kier alpha value is -1.45. The first-order valence-corrected chi connectivity index (χ1v) is 10.0. The van der Waals surface area contributed by atoms with Crippen molar-refractivity contribution in [1.82, 2.24) is 9.62 Å². The highest BCUT2D eigenvalue weighted by molar-refractivity contribution is 7.91. The largest absolute Gasteiger partial charge is 0.481 e. The van der Waals surface area contributed by atoms with Gasteiger partial charge in [0.25, 0.3) is 10.0 Å².